The SMILES string of the molecule is COc1ccc([C@H]2c3[nH]c4ccccc4c3C[C@@H]3C(=O)N(c4ccccc4)C(=O)N23)cc1. The highest BCUT2D eigenvalue weighted by Crippen LogP contribution is 2.45. The van der Waals surface area contributed by atoms with Gasteiger partial charge in [0.25, 0.3) is 5.91 Å². The van der Waals surface area contributed by atoms with Gasteiger partial charge in [-0.1, -0.05) is 48.5 Å². The van der Waals surface area contributed by atoms with Crippen LogP contribution < -0.4 is 9.64 Å². The van der Waals surface area contributed by atoms with E-state index in [-0.39, 0.29) is 11.9 Å². The highest BCUT2D eigenvalue weighted by molar-refractivity contribution is 6.22. The molecule has 1 N–H and O–H groups in total. The molecule has 158 valence electrons. The van der Waals surface area contributed by atoms with Crippen molar-refractivity contribution in [2.45, 2.75) is 18.5 Å². The van der Waals surface area contributed by atoms with Gasteiger partial charge < -0.3 is 9.72 Å². The van der Waals surface area contributed by atoms with E-state index < -0.39 is 12.1 Å². The van der Waals surface area contributed by atoms with Crippen molar-refractivity contribution in [3.8, 4) is 5.75 Å². The number of amides is 3. The average molecular weight is 423 g/mol. The number of methoxy groups -OCH3 is 1. The molecule has 3 heterocycles. The average Bonchev–Trinajstić information content (AvgIpc) is 3.33. The number of para-hydroxylation sites is 2. The Kier molecular flexibility index (Phi) is 4.08. The van der Waals surface area contributed by atoms with E-state index in [1.807, 2.05) is 60.7 Å². The Morgan fingerprint density at radius 3 is 2.38 bits per heavy atom. The first kappa shape index (κ1) is 18.7. The van der Waals surface area contributed by atoms with Crippen LogP contribution in [0.4, 0.5) is 10.5 Å². The molecule has 0 radical (unpaired) electrons. The molecule has 2 atom stereocenters. The number of nitrogens with one attached hydrogen (secondary N) is 1. The van der Waals surface area contributed by atoms with Gasteiger partial charge >= 0.3 is 6.03 Å². The second-order valence-electron chi connectivity index (χ2n) is 8.16. The molecular formula is C26H21N3O3. The van der Waals surface area contributed by atoms with Crippen LogP contribution in [0.15, 0.2) is 78.9 Å². The fourth-order valence-electron chi connectivity index (χ4n) is 5.02. The number of fused-ring (bicyclic) bond motifs is 4. The third-order valence-electron chi connectivity index (χ3n) is 6.50. The van der Waals surface area contributed by atoms with Gasteiger partial charge in [0.2, 0.25) is 0 Å². The minimum absolute atomic E-state index is 0.185. The van der Waals surface area contributed by atoms with Crippen molar-refractivity contribution in [1.82, 2.24) is 9.88 Å². The van der Waals surface area contributed by atoms with Crippen LogP contribution >= 0.6 is 0 Å². The molecular weight excluding hydrogens is 402 g/mol. The number of imide groups is 1. The number of rotatable bonds is 3. The molecule has 2 aliphatic heterocycles. The highest BCUT2D eigenvalue weighted by Gasteiger charge is 2.53. The third-order valence-corrected chi connectivity index (χ3v) is 6.50. The number of nitrogens with zero attached hydrogens (tertiary/aromatic N) is 2. The van der Waals surface area contributed by atoms with Crippen LogP contribution in [0.25, 0.3) is 10.9 Å². The predicted octanol–water partition coefficient (Wildman–Crippen LogP) is 4.66. The van der Waals surface area contributed by atoms with Crippen molar-refractivity contribution in [2.75, 3.05) is 12.0 Å². The van der Waals surface area contributed by atoms with Crippen LogP contribution in [0.2, 0.25) is 0 Å². The Morgan fingerprint density at radius 1 is 0.906 bits per heavy atom. The number of hydrogen-bond donors (Lipinski definition) is 1. The maximum atomic E-state index is 13.7. The molecule has 3 amide bonds. The van der Waals surface area contributed by atoms with Crippen LogP contribution in [0.5, 0.6) is 5.75 Å². The standard InChI is InChI=1S/C26H21N3O3/c1-32-18-13-11-16(12-14-18)24-23-20(19-9-5-6-10-21(19)27-23)15-22-25(30)28(26(31)29(22)24)17-7-3-2-4-8-17/h2-14,22,24,27H,15H2,1H3/t22-,24+/m1/s1. The lowest BCUT2D eigenvalue weighted by Crippen LogP contribution is -2.44. The molecule has 32 heavy (non-hydrogen) atoms. The summed E-state index contributed by atoms with van der Waals surface area (Å²) < 4.78 is 5.32. The summed E-state index contributed by atoms with van der Waals surface area (Å²) in [5, 5.41) is 1.10. The van der Waals surface area contributed by atoms with E-state index in [1.165, 1.54) is 4.90 Å². The van der Waals surface area contributed by atoms with Crippen LogP contribution in [0, 0.1) is 0 Å². The first-order valence-electron chi connectivity index (χ1n) is 10.6. The van der Waals surface area contributed by atoms with Gasteiger partial charge in [-0.3, -0.25) is 9.69 Å². The van der Waals surface area contributed by atoms with E-state index in [4.69, 9.17) is 4.74 Å². The number of hydrogen-bond acceptors (Lipinski definition) is 3. The van der Waals surface area contributed by atoms with Crippen molar-refractivity contribution in [2.24, 2.45) is 0 Å². The van der Waals surface area contributed by atoms with E-state index in [9.17, 15) is 9.59 Å². The quantitative estimate of drug-likeness (QED) is 0.488. The summed E-state index contributed by atoms with van der Waals surface area (Å²) in [5.41, 5.74) is 4.60. The minimum Gasteiger partial charge on any atom is -0.497 e. The van der Waals surface area contributed by atoms with Gasteiger partial charge in [-0.2, -0.15) is 0 Å². The monoisotopic (exact) mass is 423 g/mol. The van der Waals surface area contributed by atoms with Crippen molar-refractivity contribution < 1.29 is 14.3 Å². The van der Waals surface area contributed by atoms with Crippen LogP contribution in [0.3, 0.4) is 0 Å². The van der Waals surface area contributed by atoms with Crippen molar-refractivity contribution in [3.05, 3.63) is 95.7 Å². The summed E-state index contributed by atoms with van der Waals surface area (Å²) in [4.78, 5) is 33.8. The molecule has 0 aliphatic carbocycles. The van der Waals surface area contributed by atoms with Gasteiger partial charge in [-0.15, -0.1) is 0 Å². The number of urea groups is 1. The molecule has 2 aliphatic rings. The van der Waals surface area contributed by atoms with E-state index >= 15 is 0 Å². The van der Waals surface area contributed by atoms with Crippen molar-refractivity contribution in [1.29, 1.82) is 0 Å². The number of benzene rings is 3. The predicted molar refractivity (Wildman–Crippen MR) is 122 cm³/mol. The Bertz CT molecular complexity index is 1340. The van der Waals surface area contributed by atoms with Gasteiger partial charge in [0, 0.05) is 23.0 Å². The van der Waals surface area contributed by atoms with Crippen molar-refractivity contribution >= 4 is 28.5 Å². The van der Waals surface area contributed by atoms with Gasteiger partial charge in [0.15, 0.2) is 0 Å². The second-order valence-corrected chi connectivity index (χ2v) is 8.16. The number of carbonyl (C=O) groups excluding carboxylic acids is 2. The fourth-order valence-corrected chi connectivity index (χ4v) is 5.02. The molecule has 0 saturated carbocycles. The lowest BCUT2D eigenvalue weighted by molar-refractivity contribution is -0.120. The van der Waals surface area contributed by atoms with Crippen LogP contribution in [-0.4, -0.2) is 35.0 Å². The first-order chi connectivity index (χ1) is 15.7. The first-order valence-corrected chi connectivity index (χ1v) is 10.6. The molecule has 6 nitrogen and oxygen atoms in total. The van der Waals surface area contributed by atoms with E-state index in [0.29, 0.717) is 12.1 Å². The third kappa shape index (κ3) is 2.59. The molecule has 1 saturated heterocycles. The molecule has 6 heteroatoms. The zero-order chi connectivity index (χ0) is 21.8. The molecule has 1 fully saturated rings. The number of anilines is 1. The summed E-state index contributed by atoms with van der Waals surface area (Å²) in [6, 6.07) is 23.7. The summed E-state index contributed by atoms with van der Waals surface area (Å²) in [6.45, 7) is 0. The zero-order valence-corrected chi connectivity index (χ0v) is 17.5. The highest BCUT2D eigenvalue weighted by atomic mass is 16.5. The number of ether oxygens (including phenoxy) is 1. The van der Waals surface area contributed by atoms with E-state index in [2.05, 4.69) is 11.1 Å². The molecule has 0 bridgehead atoms. The van der Waals surface area contributed by atoms with Crippen molar-refractivity contribution in [3.63, 3.8) is 0 Å². The minimum atomic E-state index is -0.554. The largest absolute Gasteiger partial charge is 0.497 e. The van der Waals surface area contributed by atoms with Gasteiger partial charge in [-0.25, -0.2) is 9.69 Å². The summed E-state index contributed by atoms with van der Waals surface area (Å²) in [6.07, 6.45) is 0.486. The number of carbonyl (C=O) groups is 2. The van der Waals surface area contributed by atoms with Gasteiger partial charge in [-0.05, 0) is 41.5 Å². The summed E-state index contributed by atoms with van der Waals surface area (Å²) >= 11 is 0. The Hall–Kier alpha value is -4.06. The lowest BCUT2D eigenvalue weighted by atomic mass is 9.89. The van der Waals surface area contributed by atoms with Gasteiger partial charge in [0.1, 0.15) is 17.8 Å². The number of aromatic nitrogens is 1. The number of aromatic amines is 1. The van der Waals surface area contributed by atoms with Gasteiger partial charge in [0.05, 0.1) is 12.8 Å². The molecule has 1 aromatic heterocycles. The van der Waals surface area contributed by atoms with E-state index in [1.54, 1.807) is 24.1 Å². The van der Waals surface area contributed by atoms with Crippen LogP contribution in [-0.2, 0) is 11.2 Å². The molecule has 3 aromatic carbocycles. The lowest BCUT2D eigenvalue weighted by Gasteiger charge is -2.36. The van der Waals surface area contributed by atoms with Crippen LogP contribution in [0.1, 0.15) is 22.9 Å². The van der Waals surface area contributed by atoms with E-state index in [0.717, 1.165) is 33.5 Å². The Labute approximate surface area is 185 Å². The summed E-state index contributed by atoms with van der Waals surface area (Å²) in [7, 11) is 1.63. The second kappa shape index (κ2) is 6.99. The Morgan fingerprint density at radius 2 is 1.62 bits per heavy atom. The fraction of sp³-hybridized carbons (Fsp3) is 0.154. The summed E-state index contributed by atoms with van der Waals surface area (Å²) in [5.74, 6) is 0.559. The molecule has 6 rings (SSSR count). The smallest absolute Gasteiger partial charge is 0.332 e. The normalized spacial score (nSPS) is 19.9. The maximum Gasteiger partial charge on any atom is 0.332 e. The topological polar surface area (TPSA) is 65.6 Å². The maximum absolute atomic E-state index is 13.7. The number of H-pyrrole nitrogens is 1. The molecule has 0 spiro atoms. The Balaban J connectivity index is 1.54. The zero-order valence-electron chi connectivity index (χ0n) is 17.5. The molecule has 0 unspecified atom stereocenters. The molecule has 4 aromatic rings.